The number of hydrogen-bond donors (Lipinski definition) is 1. The molecular formula is C14H15N5OS3. The monoisotopic (exact) mass is 365 g/mol. The number of thiophene rings is 1. The highest BCUT2D eigenvalue weighted by Crippen LogP contribution is 2.26. The normalized spacial score (nSPS) is 10.8. The smallest absolute Gasteiger partial charge is 0.227 e. The van der Waals surface area contributed by atoms with Gasteiger partial charge in [0.05, 0.1) is 4.88 Å². The van der Waals surface area contributed by atoms with Gasteiger partial charge in [-0.2, -0.15) is 4.98 Å². The van der Waals surface area contributed by atoms with Crippen LogP contribution in [0.3, 0.4) is 0 Å². The number of nitrogens with zero attached hydrogens (tertiary/aromatic N) is 4. The molecule has 0 aliphatic rings. The number of aryl methyl sites for hydroxylation is 1. The second kappa shape index (κ2) is 8.23. The zero-order chi connectivity index (χ0) is 15.9. The van der Waals surface area contributed by atoms with Crippen molar-refractivity contribution in [1.82, 2.24) is 20.3 Å². The van der Waals surface area contributed by atoms with Crippen LogP contribution >= 0.6 is 34.4 Å². The molecule has 9 heteroatoms. The maximum absolute atomic E-state index is 5.28. The van der Waals surface area contributed by atoms with Crippen LogP contribution in [0.1, 0.15) is 12.3 Å². The average molecular weight is 366 g/mol. The van der Waals surface area contributed by atoms with Crippen molar-refractivity contribution in [2.24, 2.45) is 0 Å². The number of hydrogen-bond acceptors (Lipinski definition) is 9. The zero-order valence-electron chi connectivity index (χ0n) is 12.3. The minimum absolute atomic E-state index is 0.671. The molecule has 0 saturated carbocycles. The molecule has 6 nitrogen and oxygen atoms in total. The van der Waals surface area contributed by atoms with Crippen LogP contribution < -0.4 is 5.32 Å². The van der Waals surface area contributed by atoms with Crippen LogP contribution in [-0.4, -0.2) is 32.6 Å². The minimum Gasteiger partial charge on any atom is -0.357 e. The first kappa shape index (κ1) is 16.2. The van der Waals surface area contributed by atoms with E-state index in [0.29, 0.717) is 18.3 Å². The number of nitrogens with one attached hydrogen (secondary N) is 1. The molecule has 0 amide bonds. The lowest BCUT2D eigenvalue weighted by Crippen LogP contribution is -1.96. The standard InChI is InChI=1S/C14H15N5OS3/c1-2-7-15-13-17-18-14(23-13)22-9-4-6-11-16-12(19-20-11)10-5-3-8-21-10/h2-3,5,8H,1,4,6-7,9H2,(H,15,17). The van der Waals surface area contributed by atoms with E-state index in [-0.39, 0.29) is 0 Å². The summed E-state index contributed by atoms with van der Waals surface area (Å²) in [6.07, 6.45) is 3.51. The molecule has 0 saturated heterocycles. The van der Waals surface area contributed by atoms with Gasteiger partial charge in [0.15, 0.2) is 4.34 Å². The lowest BCUT2D eigenvalue weighted by Gasteiger charge is -1.95. The van der Waals surface area contributed by atoms with Crippen LogP contribution in [-0.2, 0) is 6.42 Å². The maximum Gasteiger partial charge on any atom is 0.227 e. The highest BCUT2D eigenvalue weighted by Gasteiger charge is 2.09. The molecule has 23 heavy (non-hydrogen) atoms. The summed E-state index contributed by atoms with van der Waals surface area (Å²) in [5, 5.41) is 18.2. The maximum atomic E-state index is 5.28. The molecule has 0 fully saturated rings. The van der Waals surface area contributed by atoms with Crippen molar-refractivity contribution in [2.75, 3.05) is 17.6 Å². The predicted molar refractivity (Wildman–Crippen MR) is 95.3 cm³/mol. The topological polar surface area (TPSA) is 76.7 Å². The van der Waals surface area contributed by atoms with Gasteiger partial charge in [-0.3, -0.25) is 0 Å². The summed E-state index contributed by atoms with van der Waals surface area (Å²) < 4.78 is 6.24. The third-order valence-electron chi connectivity index (χ3n) is 2.77. The Morgan fingerprint density at radius 3 is 3.17 bits per heavy atom. The van der Waals surface area contributed by atoms with Gasteiger partial charge in [-0.1, -0.05) is 40.4 Å². The Morgan fingerprint density at radius 2 is 2.35 bits per heavy atom. The van der Waals surface area contributed by atoms with Crippen molar-refractivity contribution < 1.29 is 4.52 Å². The second-order valence-corrected chi connectivity index (χ2v) is 7.75. The van der Waals surface area contributed by atoms with E-state index in [1.807, 2.05) is 17.5 Å². The molecule has 0 atom stereocenters. The molecule has 0 aliphatic carbocycles. The summed E-state index contributed by atoms with van der Waals surface area (Å²) >= 11 is 4.85. The van der Waals surface area contributed by atoms with E-state index in [1.165, 1.54) is 0 Å². The first-order chi connectivity index (χ1) is 11.3. The average Bonchev–Trinajstić information content (AvgIpc) is 3.30. The highest BCUT2D eigenvalue weighted by molar-refractivity contribution is 8.01. The van der Waals surface area contributed by atoms with Gasteiger partial charge in [-0.05, 0) is 17.9 Å². The highest BCUT2D eigenvalue weighted by atomic mass is 32.2. The van der Waals surface area contributed by atoms with E-state index in [9.17, 15) is 0 Å². The summed E-state index contributed by atoms with van der Waals surface area (Å²) in [5.74, 6) is 2.29. The molecule has 0 aromatic carbocycles. The van der Waals surface area contributed by atoms with Gasteiger partial charge in [0.1, 0.15) is 0 Å². The van der Waals surface area contributed by atoms with Gasteiger partial charge in [-0.15, -0.1) is 28.1 Å². The Kier molecular flexibility index (Phi) is 5.78. The summed E-state index contributed by atoms with van der Waals surface area (Å²) in [5.41, 5.74) is 0. The molecule has 0 spiro atoms. The molecule has 3 aromatic rings. The van der Waals surface area contributed by atoms with E-state index in [0.717, 1.165) is 32.9 Å². The molecule has 120 valence electrons. The molecular weight excluding hydrogens is 350 g/mol. The summed E-state index contributed by atoms with van der Waals surface area (Å²) in [7, 11) is 0. The third kappa shape index (κ3) is 4.63. The van der Waals surface area contributed by atoms with Crippen LogP contribution in [0.25, 0.3) is 10.7 Å². The Labute approximate surface area is 146 Å². The fourth-order valence-electron chi connectivity index (χ4n) is 1.74. The van der Waals surface area contributed by atoms with Gasteiger partial charge in [-0.25, -0.2) is 0 Å². The molecule has 1 N–H and O–H groups in total. The zero-order valence-corrected chi connectivity index (χ0v) is 14.7. The van der Waals surface area contributed by atoms with Gasteiger partial charge in [0, 0.05) is 18.7 Å². The molecule has 0 bridgehead atoms. The van der Waals surface area contributed by atoms with E-state index in [4.69, 9.17) is 4.52 Å². The Balaban J connectivity index is 1.41. The summed E-state index contributed by atoms with van der Waals surface area (Å²) in [6.45, 7) is 4.36. The first-order valence-electron chi connectivity index (χ1n) is 7.02. The Bertz CT molecular complexity index is 737. The van der Waals surface area contributed by atoms with Crippen LogP contribution in [0, 0.1) is 0 Å². The van der Waals surface area contributed by atoms with Crippen LogP contribution in [0.2, 0.25) is 0 Å². The number of aromatic nitrogens is 4. The number of thioether (sulfide) groups is 1. The Hall–Kier alpha value is -1.71. The van der Waals surface area contributed by atoms with Crippen LogP contribution in [0.4, 0.5) is 5.13 Å². The van der Waals surface area contributed by atoms with Crippen molar-refractivity contribution in [3.05, 3.63) is 36.1 Å². The Morgan fingerprint density at radius 1 is 1.39 bits per heavy atom. The fraction of sp³-hybridized carbons (Fsp3) is 0.286. The molecule has 0 unspecified atom stereocenters. The van der Waals surface area contributed by atoms with E-state index in [2.05, 4.69) is 32.2 Å². The van der Waals surface area contributed by atoms with Gasteiger partial charge in [0.25, 0.3) is 0 Å². The fourth-order valence-corrected chi connectivity index (χ4v) is 4.16. The van der Waals surface area contributed by atoms with Crippen molar-refractivity contribution in [3.8, 4) is 10.7 Å². The lowest BCUT2D eigenvalue weighted by molar-refractivity contribution is 0.378. The summed E-state index contributed by atoms with van der Waals surface area (Å²) in [4.78, 5) is 5.44. The molecule has 3 aromatic heterocycles. The van der Waals surface area contributed by atoms with E-state index >= 15 is 0 Å². The second-order valence-electron chi connectivity index (χ2n) is 4.48. The quantitative estimate of drug-likeness (QED) is 0.349. The molecule has 0 radical (unpaired) electrons. The van der Waals surface area contributed by atoms with Crippen molar-refractivity contribution >= 4 is 39.6 Å². The van der Waals surface area contributed by atoms with Crippen LogP contribution in [0.5, 0.6) is 0 Å². The predicted octanol–water partition coefficient (Wildman–Crippen LogP) is 3.97. The molecule has 0 aliphatic heterocycles. The molecule has 3 rings (SSSR count). The van der Waals surface area contributed by atoms with Gasteiger partial charge in [0.2, 0.25) is 16.8 Å². The molecule has 3 heterocycles. The van der Waals surface area contributed by atoms with Crippen molar-refractivity contribution in [2.45, 2.75) is 17.2 Å². The SMILES string of the molecule is C=CCNc1nnc(SCCCc2nc(-c3cccs3)no2)s1. The lowest BCUT2D eigenvalue weighted by atomic mass is 10.3. The van der Waals surface area contributed by atoms with Gasteiger partial charge >= 0.3 is 0 Å². The largest absolute Gasteiger partial charge is 0.357 e. The number of anilines is 1. The van der Waals surface area contributed by atoms with Gasteiger partial charge < -0.3 is 9.84 Å². The first-order valence-corrected chi connectivity index (χ1v) is 9.71. The van der Waals surface area contributed by atoms with Crippen molar-refractivity contribution in [1.29, 1.82) is 0 Å². The van der Waals surface area contributed by atoms with Crippen LogP contribution in [0.15, 0.2) is 39.0 Å². The third-order valence-corrected chi connectivity index (χ3v) is 5.74. The number of rotatable bonds is 9. The minimum atomic E-state index is 0.671. The summed E-state index contributed by atoms with van der Waals surface area (Å²) in [6, 6.07) is 3.97. The van der Waals surface area contributed by atoms with E-state index < -0.39 is 0 Å². The van der Waals surface area contributed by atoms with Crippen molar-refractivity contribution in [3.63, 3.8) is 0 Å². The van der Waals surface area contributed by atoms with E-state index in [1.54, 1.807) is 40.5 Å².